The molecule has 0 atom stereocenters. The molecule has 1 N–H and O–H groups in total. The van der Waals surface area contributed by atoms with Crippen molar-refractivity contribution in [2.24, 2.45) is 0 Å². The molecule has 1 heterocycles. The van der Waals surface area contributed by atoms with Crippen molar-refractivity contribution in [3.63, 3.8) is 0 Å². The van der Waals surface area contributed by atoms with E-state index >= 15 is 0 Å². The van der Waals surface area contributed by atoms with Gasteiger partial charge in [-0.3, -0.25) is 4.79 Å². The van der Waals surface area contributed by atoms with Crippen LogP contribution < -0.4 is 5.32 Å². The average Bonchev–Trinajstić information content (AvgIpc) is 3.07. The van der Waals surface area contributed by atoms with E-state index < -0.39 is 0 Å². The van der Waals surface area contributed by atoms with Gasteiger partial charge in [-0.25, -0.2) is 4.98 Å². The minimum atomic E-state index is -0.0533. The number of anilines is 1. The Bertz CT molecular complexity index is 1110. The molecule has 1 aromatic heterocycles. The summed E-state index contributed by atoms with van der Waals surface area (Å²) in [4.78, 5) is 16.9. The zero-order valence-corrected chi connectivity index (χ0v) is 15.3. The van der Waals surface area contributed by atoms with E-state index in [9.17, 15) is 4.79 Å². The SMILES string of the molecule is Cc1cc(C)c2oc(-c3cccc(NC(=O)Cc4ccccc4)c3)nc2c1. The lowest BCUT2D eigenvalue weighted by Gasteiger charge is -2.06. The molecule has 0 radical (unpaired) electrons. The molecule has 4 rings (SSSR count). The molecule has 4 nitrogen and oxygen atoms in total. The number of aryl methyl sites for hydroxylation is 2. The summed E-state index contributed by atoms with van der Waals surface area (Å²) in [7, 11) is 0. The van der Waals surface area contributed by atoms with Gasteiger partial charge >= 0.3 is 0 Å². The van der Waals surface area contributed by atoms with Gasteiger partial charge in [0.1, 0.15) is 5.52 Å². The van der Waals surface area contributed by atoms with Gasteiger partial charge in [0.15, 0.2) is 5.58 Å². The zero-order chi connectivity index (χ0) is 18.8. The van der Waals surface area contributed by atoms with Crippen molar-refractivity contribution in [3.05, 3.63) is 83.4 Å². The topological polar surface area (TPSA) is 55.1 Å². The van der Waals surface area contributed by atoms with Crippen LogP contribution in [0.3, 0.4) is 0 Å². The molecule has 0 fully saturated rings. The van der Waals surface area contributed by atoms with Crippen LogP contribution >= 0.6 is 0 Å². The summed E-state index contributed by atoms with van der Waals surface area (Å²) < 4.78 is 5.97. The van der Waals surface area contributed by atoms with Gasteiger partial charge in [-0.15, -0.1) is 0 Å². The van der Waals surface area contributed by atoms with Crippen LogP contribution in [0.25, 0.3) is 22.6 Å². The Hall–Kier alpha value is -3.40. The summed E-state index contributed by atoms with van der Waals surface area (Å²) in [6, 6.07) is 21.4. The fourth-order valence-corrected chi connectivity index (χ4v) is 3.22. The summed E-state index contributed by atoms with van der Waals surface area (Å²) in [5.74, 6) is 0.500. The standard InChI is InChI=1S/C23H20N2O2/c1-15-11-16(2)22-20(12-15)25-23(27-22)18-9-6-10-19(14-18)24-21(26)13-17-7-4-3-5-8-17/h3-12,14H,13H2,1-2H3,(H,24,26). The lowest BCUT2D eigenvalue weighted by atomic mass is 10.1. The molecule has 4 aromatic rings. The third-order valence-corrected chi connectivity index (χ3v) is 4.42. The van der Waals surface area contributed by atoms with Crippen LogP contribution in [0.5, 0.6) is 0 Å². The molecule has 0 spiro atoms. The normalized spacial score (nSPS) is 10.9. The number of nitrogens with one attached hydrogen (secondary N) is 1. The molecular weight excluding hydrogens is 336 g/mol. The van der Waals surface area contributed by atoms with Crippen LogP contribution in [0, 0.1) is 13.8 Å². The first-order chi connectivity index (χ1) is 13.1. The van der Waals surface area contributed by atoms with E-state index in [-0.39, 0.29) is 5.91 Å². The van der Waals surface area contributed by atoms with Gasteiger partial charge < -0.3 is 9.73 Å². The van der Waals surface area contributed by atoms with Crippen molar-refractivity contribution >= 4 is 22.7 Å². The van der Waals surface area contributed by atoms with E-state index in [1.54, 1.807) is 0 Å². The summed E-state index contributed by atoms with van der Waals surface area (Å²) in [6.07, 6.45) is 0.340. The number of oxazole rings is 1. The van der Waals surface area contributed by atoms with Crippen LogP contribution in [0.4, 0.5) is 5.69 Å². The Kier molecular flexibility index (Phi) is 4.47. The number of carbonyl (C=O) groups excluding carboxylic acids is 1. The number of aromatic nitrogens is 1. The van der Waals surface area contributed by atoms with Crippen molar-refractivity contribution < 1.29 is 9.21 Å². The Morgan fingerprint density at radius 3 is 2.63 bits per heavy atom. The second kappa shape index (κ2) is 7.08. The van der Waals surface area contributed by atoms with E-state index in [2.05, 4.69) is 16.4 Å². The van der Waals surface area contributed by atoms with Crippen molar-refractivity contribution in [1.29, 1.82) is 0 Å². The minimum absolute atomic E-state index is 0.0533. The molecule has 134 valence electrons. The zero-order valence-electron chi connectivity index (χ0n) is 15.3. The van der Waals surface area contributed by atoms with Crippen LogP contribution in [0.1, 0.15) is 16.7 Å². The Balaban J connectivity index is 1.57. The average molecular weight is 356 g/mol. The van der Waals surface area contributed by atoms with E-state index in [1.165, 1.54) is 0 Å². The first-order valence-corrected chi connectivity index (χ1v) is 8.90. The van der Waals surface area contributed by atoms with E-state index in [0.29, 0.717) is 12.3 Å². The molecule has 0 saturated carbocycles. The van der Waals surface area contributed by atoms with Gasteiger partial charge in [-0.1, -0.05) is 42.5 Å². The summed E-state index contributed by atoms with van der Waals surface area (Å²) >= 11 is 0. The Morgan fingerprint density at radius 2 is 1.81 bits per heavy atom. The highest BCUT2D eigenvalue weighted by Crippen LogP contribution is 2.28. The fourth-order valence-electron chi connectivity index (χ4n) is 3.22. The predicted molar refractivity (Wildman–Crippen MR) is 108 cm³/mol. The number of nitrogens with zero attached hydrogens (tertiary/aromatic N) is 1. The fraction of sp³-hybridized carbons (Fsp3) is 0.130. The molecule has 0 aliphatic carbocycles. The first-order valence-electron chi connectivity index (χ1n) is 8.90. The maximum atomic E-state index is 12.3. The number of hydrogen-bond acceptors (Lipinski definition) is 3. The Morgan fingerprint density at radius 1 is 1.00 bits per heavy atom. The number of benzene rings is 3. The van der Waals surface area contributed by atoms with Gasteiger partial charge in [-0.05, 0) is 54.8 Å². The van der Waals surface area contributed by atoms with Gasteiger partial charge in [0.05, 0.1) is 6.42 Å². The van der Waals surface area contributed by atoms with Crippen LogP contribution in [-0.2, 0) is 11.2 Å². The number of hydrogen-bond donors (Lipinski definition) is 1. The van der Waals surface area contributed by atoms with E-state index in [1.807, 2.05) is 74.5 Å². The molecule has 4 heteroatoms. The highest BCUT2D eigenvalue weighted by Gasteiger charge is 2.12. The smallest absolute Gasteiger partial charge is 0.228 e. The quantitative estimate of drug-likeness (QED) is 0.540. The lowest BCUT2D eigenvalue weighted by molar-refractivity contribution is -0.115. The second-order valence-electron chi connectivity index (χ2n) is 6.74. The monoisotopic (exact) mass is 356 g/mol. The third-order valence-electron chi connectivity index (χ3n) is 4.42. The van der Waals surface area contributed by atoms with Crippen LogP contribution in [-0.4, -0.2) is 10.9 Å². The molecule has 0 bridgehead atoms. The van der Waals surface area contributed by atoms with Gasteiger partial charge in [0.2, 0.25) is 11.8 Å². The number of rotatable bonds is 4. The minimum Gasteiger partial charge on any atom is -0.436 e. The summed E-state index contributed by atoms with van der Waals surface area (Å²) in [5.41, 5.74) is 6.41. The molecule has 27 heavy (non-hydrogen) atoms. The largest absolute Gasteiger partial charge is 0.436 e. The number of carbonyl (C=O) groups is 1. The highest BCUT2D eigenvalue weighted by atomic mass is 16.3. The first kappa shape index (κ1) is 17.0. The van der Waals surface area contributed by atoms with Crippen LogP contribution in [0.15, 0.2) is 71.1 Å². The summed E-state index contributed by atoms with van der Waals surface area (Å²) in [5, 5.41) is 2.95. The third kappa shape index (κ3) is 3.75. The number of fused-ring (bicyclic) bond motifs is 1. The van der Waals surface area contributed by atoms with Gasteiger partial charge in [0.25, 0.3) is 0 Å². The van der Waals surface area contributed by atoms with Gasteiger partial charge in [-0.2, -0.15) is 0 Å². The van der Waals surface area contributed by atoms with Crippen molar-refractivity contribution in [3.8, 4) is 11.5 Å². The molecule has 0 unspecified atom stereocenters. The van der Waals surface area contributed by atoms with Crippen molar-refractivity contribution in [2.75, 3.05) is 5.32 Å². The number of amides is 1. The maximum Gasteiger partial charge on any atom is 0.228 e. The van der Waals surface area contributed by atoms with Crippen molar-refractivity contribution in [2.45, 2.75) is 20.3 Å². The Labute approximate surface area is 157 Å². The maximum absolute atomic E-state index is 12.3. The molecule has 3 aromatic carbocycles. The molecule has 0 aliphatic heterocycles. The molecule has 1 amide bonds. The summed E-state index contributed by atoms with van der Waals surface area (Å²) in [6.45, 7) is 4.06. The lowest BCUT2D eigenvalue weighted by Crippen LogP contribution is -2.14. The van der Waals surface area contributed by atoms with Gasteiger partial charge in [0, 0.05) is 11.3 Å². The van der Waals surface area contributed by atoms with E-state index in [4.69, 9.17) is 4.42 Å². The molecular formula is C23H20N2O2. The molecule has 0 aliphatic rings. The van der Waals surface area contributed by atoms with E-state index in [0.717, 1.165) is 39.0 Å². The van der Waals surface area contributed by atoms with Crippen LogP contribution in [0.2, 0.25) is 0 Å². The second-order valence-corrected chi connectivity index (χ2v) is 6.74. The highest BCUT2D eigenvalue weighted by molar-refractivity contribution is 5.93. The predicted octanol–water partition coefficient (Wildman–Crippen LogP) is 5.29. The van der Waals surface area contributed by atoms with Crippen molar-refractivity contribution in [1.82, 2.24) is 4.98 Å². The molecule has 0 saturated heterocycles.